The summed E-state index contributed by atoms with van der Waals surface area (Å²) in [5.74, 6) is -2.77. The lowest BCUT2D eigenvalue weighted by Gasteiger charge is -2.46. The first-order valence-corrected chi connectivity index (χ1v) is 16.6. The standard InChI is InChI=1S/C37H54N2O6/c1-9-12-13-17-23-44-33(43)29-28-31(41)39(27(24-40)26-18-15-14-16-19-26)30(37(28)21-20-36(29,11-3)45-37)32(42)38(22-10-2)35(7,8)25-34(4,5)6/h9-10,14-16,18-19,27-30,40H,1-2,11-13,17,20-25H2,3-8H3/t27-,28+,29+,30?,36-,37?/m1/s1. The lowest BCUT2D eigenvalue weighted by Crippen LogP contribution is -2.61. The minimum absolute atomic E-state index is 0.0814. The van der Waals surface area contributed by atoms with Crippen LogP contribution in [-0.4, -0.2) is 75.2 Å². The monoisotopic (exact) mass is 622 g/mol. The molecule has 2 unspecified atom stereocenters. The van der Waals surface area contributed by atoms with Gasteiger partial charge in [0.2, 0.25) is 11.8 Å². The molecule has 0 aromatic heterocycles. The number of ether oxygens (including phenoxy) is 2. The Hall–Kier alpha value is -2.97. The number of amides is 2. The van der Waals surface area contributed by atoms with Crippen molar-refractivity contribution in [1.82, 2.24) is 9.80 Å². The number of carbonyl (C=O) groups excluding carboxylic acids is 3. The Balaban J connectivity index is 1.83. The molecule has 3 aliphatic rings. The zero-order valence-corrected chi connectivity index (χ0v) is 28.2. The van der Waals surface area contributed by atoms with Crippen molar-refractivity contribution in [3.63, 3.8) is 0 Å². The summed E-state index contributed by atoms with van der Waals surface area (Å²) >= 11 is 0. The summed E-state index contributed by atoms with van der Waals surface area (Å²) in [6, 6.07) is 7.46. The van der Waals surface area contributed by atoms with E-state index in [1.807, 2.05) is 62.1 Å². The normalized spacial score (nSPS) is 28.1. The van der Waals surface area contributed by atoms with Crippen molar-refractivity contribution >= 4 is 17.8 Å². The molecule has 8 heteroatoms. The number of carbonyl (C=O) groups is 3. The van der Waals surface area contributed by atoms with Crippen LogP contribution in [0, 0.1) is 17.3 Å². The van der Waals surface area contributed by atoms with E-state index in [0.29, 0.717) is 37.7 Å². The van der Waals surface area contributed by atoms with E-state index >= 15 is 4.79 Å². The van der Waals surface area contributed by atoms with Gasteiger partial charge < -0.3 is 24.4 Å². The maximum absolute atomic E-state index is 15.1. The lowest BCUT2D eigenvalue weighted by molar-refractivity contribution is -0.165. The van der Waals surface area contributed by atoms with Crippen molar-refractivity contribution in [3.05, 3.63) is 61.2 Å². The number of nitrogens with zero attached hydrogens (tertiary/aromatic N) is 2. The Kier molecular flexibility index (Phi) is 10.4. The quantitative estimate of drug-likeness (QED) is 0.146. The molecule has 3 fully saturated rings. The Morgan fingerprint density at radius 2 is 1.82 bits per heavy atom. The van der Waals surface area contributed by atoms with Gasteiger partial charge in [0.15, 0.2) is 0 Å². The molecule has 1 spiro atoms. The first kappa shape index (κ1) is 34.9. The van der Waals surface area contributed by atoms with Crippen molar-refractivity contribution in [3.8, 4) is 0 Å². The van der Waals surface area contributed by atoms with E-state index in [-0.39, 0.29) is 37.0 Å². The number of unbranched alkanes of at least 4 members (excludes halogenated alkanes) is 2. The summed E-state index contributed by atoms with van der Waals surface area (Å²) < 4.78 is 12.8. The van der Waals surface area contributed by atoms with Gasteiger partial charge in [-0.2, -0.15) is 0 Å². The number of hydrogen-bond donors (Lipinski definition) is 1. The van der Waals surface area contributed by atoms with Crippen LogP contribution in [0.2, 0.25) is 0 Å². The van der Waals surface area contributed by atoms with Gasteiger partial charge in [-0.1, -0.05) is 70.2 Å². The molecule has 1 aromatic carbocycles. The molecule has 0 radical (unpaired) electrons. The third-order valence-corrected chi connectivity index (χ3v) is 10.1. The van der Waals surface area contributed by atoms with E-state index in [2.05, 4.69) is 33.9 Å². The van der Waals surface area contributed by atoms with Crippen LogP contribution < -0.4 is 0 Å². The molecule has 2 bridgehead atoms. The molecular weight excluding hydrogens is 568 g/mol. The molecular formula is C37H54N2O6. The number of likely N-dealkylation sites (tertiary alicyclic amines) is 1. The average molecular weight is 623 g/mol. The molecule has 8 nitrogen and oxygen atoms in total. The smallest absolute Gasteiger partial charge is 0.312 e. The Morgan fingerprint density at radius 3 is 2.40 bits per heavy atom. The summed E-state index contributed by atoms with van der Waals surface area (Å²) in [4.78, 5) is 47.2. The van der Waals surface area contributed by atoms with Crippen LogP contribution in [0.1, 0.15) is 98.1 Å². The molecule has 1 N–H and O–H groups in total. The summed E-state index contributed by atoms with van der Waals surface area (Å²) in [5.41, 5.74) is -2.07. The number of fused-ring (bicyclic) bond motifs is 1. The minimum Gasteiger partial charge on any atom is -0.465 e. The van der Waals surface area contributed by atoms with Crippen LogP contribution in [0.5, 0.6) is 0 Å². The topological polar surface area (TPSA) is 96.4 Å². The molecule has 3 aliphatic heterocycles. The molecule has 0 saturated carbocycles. The SMILES string of the molecule is C=CCCCCOC(=O)[C@@H]1[C@H]2C(=O)N([C@H](CO)c3ccccc3)C(C(=O)N(CC=C)C(C)(C)CC(C)(C)C)C23CC[C@@]1(CC)O3. The highest BCUT2D eigenvalue weighted by atomic mass is 16.6. The highest BCUT2D eigenvalue weighted by Gasteiger charge is 2.80. The number of allylic oxidation sites excluding steroid dienone is 1. The molecule has 4 rings (SSSR count). The third kappa shape index (κ3) is 6.37. The van der Waals surface area contributed by atoms with E-state index in [4.69, 9.17) is 9.47 Å². The largest absolute Gasteiger partial charge is 0.465 e. The molecule has 2 amide bonds. The number of benzene rings is 1. The van der Waals surface area contributed by atoms with Crippen molar-refractivity contribution in [2.24, 2.45) is 17.3 Å². The molecule has 3 saturated heterocycles. The van der Waals surface area contributed by atoms with E-state index in [9.17, 15) is 14.7 Å². The van der Waals surface area contributed by atoms with Crippen molar-refractivity contribution in [2.45, 2.75) is 115 Å². The number of rotatable bonds is 15. The molecule has 45 heavy (non-hydrogen) atoms. The van der Waals surface area contributed by atoms with Gasteiger partial charge in [0.1, 0.15) is 17.6 Å². The Morgan fingerprint density at radius 1 is 1.13 bits per heavy atom. The fraction of sp³-hybridized carbons (Fsp3) is 0.649. The highest BCUT2D eigenvalue weighted by molar-refractivity contribution is 5.99. The Bertz CT molecular complexity index is 1260. The fourth-order valence-corrected chi connectivity index (χ4v) is 8.62. The fourth-order valence-electron chi connectivity index (χ4n) is 8.62. The van der Waals surface area contributed by atoms with E-state index in [1.54, 1.807) is 11.0 Å². The highest BCUT2D eigenvalue weighted by Crippen LogP contribution is 2.65. The van der Waals surface area contributed by atoms with E-state index in [1.165, 1.54) is 0 Å². The van der Waals surface area contributed by atoms with Gasteiger partial charge in [0.05, 0.1) is 30.8 Å². The first-order valence-electron chi connectivity index (χ1n) is 16.6. The molecule has 248 valence electrons. The molecule has 0 aliphatic carbocycles. The average Bonchev–Trinajstić information content (AvgIpc) is 3.59. The Labute approximate surface area is 269 Å². The van der Waals surface area contributed by atoms with E-state index < -0.39 is 46.6 Å². The van der Waals surface area contributed by atoms with Gasteiger partial charge >= 0.3 is 5.97 Å². The predicted octanol–water partition coefficient (Wildman–Crippen LogP) is 6.00. The molecule has 1 aromatic rings. The van der Waals surface area contributed by atoms with Gasteiger partial charge in [-0.3, -0.25) is 14.4 Å². The zero-order chi connectivity index (χ0) is 33.2. The van der Waals surface area contributed by atoms with Gasteiger partial charge in [-0.05, 0) is 69.8 Å². The van der Waals surface area contributed by atoms with Crippen LogP contribution in [0.3, 0.4) is 0 Å². The van der Waals surface area contributed by atoms with Crippen molar-refractivity contribution < 1.29 is 29.0 Å². The molecule has 6 atom stereocenters. The van der Waals surface area contributed by atoms with Crippen LogP contribution in [0.25, 0.3) is 0 Å². The summed E-state index contributed by atoms with van der Waals surface area (Å²) in [6.07, 6.45) is 8.17. The third-order valence-electron chi connectivity index (χ3n) is 10.1. The number of aliphatic hydroxyl groups is 1. The second-order valence-corrected chi connectivity index (χ2v) is 14.9. The second kappa shape index (κ2) is 13.4. The van der Waals surface area contributed by atoms with Crippen molar-refractivity contribution in [2.75, 3.05) is 19.8 Å². The first-order chi connectivity index (χ1) is 21.2. The molecule has 3 heterocycles. The van der Waals surface area contributed by atoms with E-state index in [0.717, 1.165) is 12.8 Å². The van der Waals surface area contributed by atoms with Crippen LogP contribution >= 0.6 is 0 Å². The van der Waals surface area contributed by atoms with Gasteiger partial charge in [-0.25, -0.2) is 0 Å². The maximum Gasteiger partial charge on any atom is 0.312 e. The summed E-state index contributed by atoms with van der Waals surface area (Å²) in [5, 5.41) is 10.8. The maximum atomic E-state index is 15.1. The summed E-state index contributed by atoms with van der Waals surface area (Å²) in [7, 11) is 0. The van der Waals surface area contributed by atoms with Crippen LogP contribution in [-0.2, 0) is 23.9 Å². The van der Waals surface area contributed by atoms with Crippen LogP contribution in [0.15, 0.2) is 55.6 Å². The van der Waals surface area contributed by atoms with Gasteiger partial charge in [0.25, 0.3) is 0 Å². The predicted molar refractivity (Wildman–Crippen MR) is 175 cm³/mol. The van der Waals surface area contributed by atoms with Crippen molar-refractivity contribution in [1.29, 1.82) is 0 Å². The van der Waals surface area contributed by atoms with Crippen LogP contribution in [0.4, 0.5) is 0 Å². The van der Waals surface area contributed by atoms with Gasteiger partial charge in [0, 0.05) is 12.1 Å². The lowest BCUT2D eigenvalue weighted by atomic mass is 9.65. The number of hydrogen-bond acceptors (Lipinski definition) is 6. The zero-order valence-electron chi connectivity index (χ0n) is 28.2. The minimum atomic E-state index is -1.23. The summed E-state index contributed by atoms with van der Waals surface area (Å²) in [6.45, 7) is 20.4. The number of aliphatic hydroxyl groups excluding tert-OH is 1. The number of esters is 1. The van der Waals surface area contributed by atoms with Gasteiger partial charge in [-0.15, -0.1) is 13.2 Å². The second-order valence-electron chi connectivity index (χ2n) is 14.9.